The Bertz CT molecular complexity index is 781. The molecule has 160 valence electrons. The lowest BCUT2D eigenvalue weighted by Crippen LogP contribution is -2.50. The van der Waals surface area contributed by atoms with Crippen molar-refractivity contribution in [3.05, 3.63) is 30.3 Å². The van der Waals surface area contributed by atoms with Crippen LogP contribution in [0.15, 0.2) is 30.3 Å². The van der Waals surface area contributed by atoms with E-state index in [0.29, 0.717) is 12.4 Å². The zero-order valence-corrected chi connectivity index (χ0v) is 18.9. The molecule has 1 aromatic heterocycles. The van der Waals surface area contributed by atoms with Crippen molar-refractivity contribution in [2.45, 2.75) is 26.2 Å². The van der Waals surface area contributed by atoms with Crippen molar-refractivity contribution >= 4 is 53.2 Å². The number of ether oxygens (including phenoxy) is 1. The summed E-state index contributed by atoms with van der Waals surface area (Å²) in [5.41, 5.74) is 1.21. The zero-order chi connectivity index (χ0) is 18.7. The molecule has 5 rings (SSSR count). The smallest absolute Gasteiger partial charge is 0.412 e. The van der Waals surface area contributed by atoms with E-state index in [9.17, 15) is 4.79 Å². The molecule has 0 aliphatic carbocycles. The van der Waals surface area contributed by atoms with Crippen molar-refractivity contribution in [2.24, 2.45) is 5.41 Å². The SMILES string of the molecule is CCNc1nc(NC(=O)OCC23CCN(CC2)CC3)c(-c2ccccc2)s1.Cl.Cl. The number of nitrogens with one attached hydrogen (secondary N) is 2. The fourth-order valence-electron chi connectivity index (χ4n) is 3.88. The van der Waals surface area contributed by atoms with Gasteiger partial charge >= 0.3 is 6.09 Å². The van der Waals surface area contributed by atoms with Crippen molar-refractivity contribution in [1.29, 1.82) is 0 Å². The van der Waals surface area contributed by atoms with Crippen LogP contribution in [0.3, 0.4) is 0 Å². The summed E-state index contributed by atoms with van der Waals surface area (Å²) >= 11 is 1.54. The zero-order valence-electron chi connectivity index (χ0n) is 16.5. The minimum Gasteiger partial charge on any atom is -0.449 e. The molecule has 0 unspecified atom stereocenters. The van der Waals surface area contributed by atoms with Gasteiger partial charge in [-0.1, -0.05) is 41.7 Å². The molecule has 29 heavy (non-hydrogen) atoms. The van der Waals surface area contributed by atoms with Gasteiger partial charge in [0.25, 0.3) is 0 Å². The van der Waals surface area contributed by atoms with Crippen molar-refractivity contribution in [3.8, 4) is 10.4 Å². The largest absolute Gasteiger partial charge is 0.449 e. The van der Waals surface area contributed by atoms with Crippen LogP contribution in [0.4, 0.5) is 15.7 Å². The Labute approximate surface area is 188 Å². The Hall–Kier alpha value is -1.54. The first-order chi connectivity index (χ1) is 13.2. The third-order valence-corrected chi connectivity index (χ3v) is 6.66. The molecular weight excluding hydrogens is 431 g/mol. The lowest BCUT2D eigenvalue weighted by molar-refractivity contribution is -0.0190. The molecule has 4 heterocycles. The number of carbonyl (C=O) groups is 1. The highest BCUT2D eigenvalue weighted by molar-refractivity contribution is 7.19. The van der Waals surface area contributed by atoms with E-state index in [1.165, 1.54) is 11.3 Å². The molecule has 3 aliphatic heterocycles. The number of fused-ring (bicyclic) bond motifs is 3. The second-order valence-corrected chi connectivity index (χ2v) is 8.38. The summed E-state index contributed by atoms with van der Waals surface area (Å²) in [5.74, 6) is 0.558. The van der Waals surface area contributed by atoms with Gasteiger partial charge in [-0.3, -0.25) is 5.32 Å². The van der Waals surface area contributed by atoms with Gasteiger partial charge in [-0.2, -0.15) is 0 Å². The molecule has 0 saturated carbocycles. The van der Waals surface area contributed by atoms with E-state index in [-0.39, 0.29) is 30.2 Å². The van der Waals surface area contributed by atoms with E-state index in [1.807, 2.05) is 37.3 Å². The van der Waals surface area contributed by atoms with Crippen LogP contribution in [0.2, 0.25) is 0 Å². The number of amides is 1. The standard InChI is InChI=1S/C20H26N4O2S.2ClH/c1-2-21-18-22-17(16(27-18)15-6-4-3-5-7-15)23-19(25)26-14-20-8-11-24(12-9-20)13-10-20;;/h3-7H,2,8-14H2,1H3,(H,21,22)(H,23,25);2*1H. The first kappa shape index (κ1) is 23.7. The number of thiazole rings is 1. The molecule has 1 amide bonds. The molecule has 0 radical (unpaired) electrons. The predicted molar refractivity (Wildman–Crippen MR) is 124 cm³/mol. The van der Waals surface area contributed by atoms with Crippen LogP contribution in [0.1, 0.15) is 26.2 Å². The first-order valence-corrected chi connectivity index (χ1v) is 10.5. The third kappa shape index (κ3) is 5.54. The second kappa shape index (κ2) is 10.5. The molecule has 3 saturated heterocycles. The van der Waals surface area contributed by atoms with Crippen LogP contribution in [-0.4, -0.2) is 48.8 Å². The molecule has 0 atom stereocenters. The molecule has 1 aromatic carbocycles. The van der Waals surface area contributed by atoms with Gasteiger partial charge in [0.2, 0.25) is 0 Å². The Kier molecular flexibility index (Phi) is 8.58. The molecule has 9 heteroatoms. The van der Waals surface area contributed by atoms with Crippen molar-refractivity contribution in [2.75, 3.05) is 43.4 Å². The van der Waals surface area contributed by atoms with E-state index in [1.54, 1.807) is 0 Å². The van der Waals surface area contributed by atoms with Crippen LogP contribution in [0, 0.1) is 5.41 Å². The number of rotatable bonds is 6. The highest BCUT2D eigenvalue weighted by Gasteiger charge is 2.40. The van der Waals surface area contributed by atoms with E-state index in [2.05, 4.69) is 20.5 Å². The summed E-state index contributed by atoms with van der Waals surface area (Å²) in [6.07, 6.45) is 2.95. The number of carbonyl (C=O) groups excluding carboxylic acids is 1. The molecular formula is C20H28Cl2N4O2S. The van der Waals surface area contributed by atoms with Gasteiger partial charge in [0.1, 0.15) is 0 Å². The Morgan fingerprint density at radius 3 is 2.45 bits per heavy atom. The third-order valence-electron chi connectivity index (χ3n) is 5.60. The molecule has 3 aliphatic rings. The molecule has 2 N–H and O–H groups in total. The van der Waals surface area contributed by atoms with Gasteiger partial charge in [-0.25, -0.2) is 9.78 Å². The number of halogens is 2. The number of hydrogen-bond donors (Lipinski definition) is 2. The number of benzene rings is 1. The second-order valence-electron chi connectivity index (χ2n) is 7.39. The van der Waals surface area contributed by atoms with Gasteiger partial charge in [-0.05, 0) is 51.4 Å². The normalized spacial score (nSPS) is 22.2. The van der Waals surface area contributed by atoms with Gasteiger partial charge in [-0.15, -0.1) is 24.8 Å². The minimum atomic E-state index is -0.414. The molecule has 0 spiro atoms. The fourth-order valence-corrected chi connectivity index (χ4v) is 4.88. The molecule has 6 nitrogen and oxygen atoms in total. The Morgan fingerprint density at radius 2 is 1.83 bits per heavy atom. The highest BCUT2D eigenvalue weighted by Crippen LogP contribution is 2.40. The average molecular weight is 459 g/mol. The summed E-state index contributed by atoms with van der Waals surface area (Å²) in [5, 5.41) is 6.89. The molecule has 3 fully saturated rings. The summed E-state index contributed by atoms with van der Waals surface area (Å²) in [6, 6.07) is 9.99. The van der Waals surface area contributed by atoms with Crippen LogP contribution < -0.4 is 10.6 Å². The number of piperidine rings is 3. The van der Waals surface area contributed by atoms with E-state index >= 15 is 0 Å². The molecule has 2 aromatic rings. The van der Waals surface area contributed by atoms with Gasteiger partial charge in [0, 0.05) is 12.0 Å². The van der Waals surface area contributed by atoms with Crippen LogP contribution >= 0.6 is 36.2 Å². The maximum atomic E-state index is 12.5. The summed E-state index contributed by atoms with van der Waals surface area (Å²) in [6.45, 7) is 6.69. The minimum absolute atomic E-state index is 0. The highest BCUT2D eigenvalue weighted by atomic mass is 35.5. The first-order valence-electron chi connectivity index (χ1n) is 9.64. The summed E-state index contributed by atoms with van der Waals surface area (Å²) in [4.78, 5) is 20.5. The van der Waals surface area contributed by atoms with Crippen molar-refractivity contribution in [1.82, 2.24) is 9.88 Å². The lowest BCUT2D eigenvalue weighted by Gasteiger charge is -2.47. The topological polar surface area (TPSA) is 66.5 Å². The van der Waals surface area contributed by atoms with Crippen LogP contribution in [-0.2, 0) is 4.74 Å². The Morgan fingerprint density at radius 1 is 1.17 bits per heavy atom. The maximum Gasteiger partial charge on any atom is 0.412 e. The number of nitrogens with zero attached hydrogens (tertiary/aromatic N) is 2. The Balaban J connectivity index is 0.00000150. The molecule has 2 bridgehead atoms. The quantitative estimate of drug-likeness (QED) is 0.628. The summed E-state index contributed by atoms with van der Waals surface area (Å²) < 4.78 is 5.64. The monoisotopic (exact) mass is 458 g/mol. The number of aromatic nitrogens is 1. The van der Waals surface area contributed by atoms with Crippen LogP contribution in [0.25, 0.3) is 10.4 Å². The predicted octanol–water partition coefficient (Wildman–Crippen LogP) is 5.12. The maximum absolute atomic E-state index is 12.5. The van der Waals surface area contributed by atoms with Crippen molar-refractivity contribution < 1.29 is 9.53 Å². The van der Waals surface area contributed by atoms with E-state index < -0.39 is 6.09 Å². The van der Waals surface area contributed by atoms with Gasteiger partial charge in [0.15, 0.2) is 10.9 Å². The van der Waals surface area contributed by atoms with E-state index in [0.717, 1.165) is 61.0 Å². The number of anilines is 2. The van der Waals surface area contributed by atoms with Gasteiger partial charge < -0.3 is 15.0 Å². The van der Waals surface area contributed by atoms with Gasteiger partial charge in [0.05, 0.1) is 11.5 Å². The van der Waals surface area contributed by atoms with E-state index in [4.69, 9.17) is 4.74 Å². The average Bonchev–Trinajstić information content (AvgIpc) is 3.11. The lowest BCUT2D eigenvalue weighted by atomic mass is 9.73. The van der Waals surface area contributed by atoms with Crippen molar-refractivity contribution in [3.63, 3.8) is 0 Å². The van der Waals surface area contributed by atoms with Crippen LogP contribution in [0.5, 0.6) is 0 Å². The summed E-state index contributed by atoms with van der Waals surface area (Å²) in [7, 11) is 0. The number of hydrogen-bond acceptors (Lipinski definition) is 6. The fraction of sp³-hybridized carbons (Fsp3) is 0.500.